The summed E-state index contributed by atoms with van der Waals surface area (Å²) < 4.78 is 1.03. The van der Waals surface area contributed by atoms with E-state index in [1.165, 1.54) is 11.3 Å². The number of aryl methyl sites for hydroxylation is 1. The van der Waals surface area contributed by atoms with E-state index < -0.39 is 0 Å². The van der Waals surface area contributed by atoms with E-state index in [9.17, 15) is 4.79 Å². The number of fused-ring (bicyclic) bond motifs is 1. The number of carbonyl (C=O) groups is 1. The van der Waals surface area contributed by atoms with E-state index in [4.69, 9.17) is 5.73 Å². The van der Waals surface area contributed by atoms with Gasteiger partial charge in [0.15, 0.2) is 0 Å². The number of halogens is 1. The standard InChI is InChI=1S/C22H29BrN6O/c1-16-2-7-19-20(16)21(26-15-25-19)27-10-12-28(13-11-27)22(30)29(9-8-24)14-17-3-5-18(23)6-4-17/h3-6,15-16H,2,7-14,24H2,1H3. The van der Waals surface area contributed by atoms with Crippen LogP contribution in [0.5, 0.6) is 0 Å². The minimum absolute atomic E-state index is 0.0595. The summed E-state index contributed by atoms with van der Waals surface area (Å²) in [5, 5.41) is 0. The van der Waals surface area contributed by atoms with E-state index in [2.05, 4.69) is 37.7 Å². The maximum absolute atomic E-state index is 13.2. The Morgan fingerprint density at radius 2 is 1.93 bits per heavy atom. The van der Waals surface area contributed by atoms with Crippen LogP contribution in [0.4, 0.5) is 10.6 Å². The first-order valence-corrected chi connectivity index (χ1v) is 11.4. The number of nitrogens with zero attached hydrogens (tertiary/aromatic N) is 5. The molecule has 1 aromatic carbocycles. The van der Waals surface area contributed by atoms with Gasteiger partial charge in [-0.1, -0.05) is 35.0 Å². The van der Waals surface area contributed by atoms with Crippen molar-refractivity contribution >= 4 is 27.8 Å². The molecular weight excluding hydrogens is 444 g/mol. The fourth-order valence-corrected chi connectivity index (χ4v) is 4.66. The van der Waals surface area contributed by atoms with Crippen LogP contribution >= 0.6 is 15.9 Å². The van der Waals surface area contributed by atoms with Crippen molar-refractivity contribution in [3.8, 4) is 0 Å². The molecule has 0 saturated carbocycles. The molecule has 0 bridgehead atoms. The number of benzene rings is 1. The molecule has 1 fully saturated rings. The zero-order valence-corrected chi connectivity index (χ0v) is 19.0. The molecule has 0 spiro atoms. The Morgan fingerprint density at radius 3 is 2.63 bits per heavy atom. The lowest BCUT2D eigenvalue weighted by molar-refractivity contribution is 0.148. The van der Waals surface area contributed by atoms with Gasteiger partial charge < -0.3 is 20.4 Å². The topological polar surface area (TPSA) is 78.6 Å². The summed E-state index contributed by atoms with van der Waals surface area (Å²) in [6.45, 7) is 6.78. The molecular formula is C22H29BrN6O. The van der Waals surface area contributed by atoms with Crippen molar-refractivity contribution in [1.82, 2.24) is 19.8 Å². The molecule has 1 saturated heterocycles. The monoisotopic (exact) mass is 472 g/mol. The van der Waals surface area contributed by atoms with Gasteiger partial charge in [0, 0.05) is 61.5 Å². The number of anilines is 1. The van der Waals surface area contributed by atoms with Crippen molar-refractivity contribution in [2.24, 2.45) is 5.73 Å². The third-order valence-electron chi connectivity index (χ3n) is 6.06. The molecule has 2 heterocycles. The summed E-state index contributed by atoms with van der Waals surface area (Å²) in [5.74, 6) is 1.56. The number of urea groups is 1. The number of amides is 2. The molecule has 1 aliphatic heterocycles. The molecule has 7 nitrogen and oxygen atoms in total. The Hall–Kier alpha value is -2.19. The highest BCUT2D eigenvalue weighted by molar-refractivity contribution is 9.10. The van der Waals surface area contributed by atoms with Crippen molar-refractivity contribution in [1.29, 1.82) is 0 Å². The molecule has 1 aliphatic carbocycles. The van der Waals surface area contributed by atoms with E-state index in [0.29, 0.717) is 38.6 Å². The number of aromatic nitrogens is 2. The molecule has 0 radical (unpaired) electrons. The average molecular weight is 473 g/mol. The second-order valence-corrected chi connectivity index (χ2v) is 9.01. The molecule has 2 N–H and O–H groups in total. The SMILES string of the molecule is CC1CCc2ncnc(N3CCN(C(=O)N(CCN)Cc4ccc(Br)cc4)CC3)c21. The lowest BCUT2D eigenvalue weighted by Crippen LogP contribution is -2.53. The van der Waals surface area contributed by atoms with Crippen LogP contribution in [-0.2, 0) is 13.0 Å². The van der Waals surface area contributed by atoms with Gasteiger partial charge in [0.1, 0.15) is 12.1 Å². The van der Waals surface area contributed by atoms with Gasteiger partial charge in [0.05, 0.1) is 0 Å². The van der Waals surface area contributed by atoms with Crippen molar-refractivity contribution < 1.29 is 4.79 Å². The van der Waals surface area contributed by atoms with E-state index >= 15 is 0 Å². The largest absolute Gasteiger partial charge is 0.353 e. The number of hydrogen-bond donors (Lipinski definition) is 1. The zero-order valence-electron chi connectivity index (χ0n) is 17.4. The molecule has 160 valence electrons. The highest BCUT2D eigenvalue weighted by atomic mass is 79.9. The van der Waals surface area contributed by atoms with Crippen LogP contribution in [0.1, 0.15) is 36.1 Å². The third kappa shape index (κ3) is 4.44. The second-order valence-electron chi connectivity index (χ2n) is 8.09. The van der Waals surface area contributed by atoms with Crippen molar-refractivity contribution in [3.05, 3.63) is 51.9 Å². The zero-order chi connectivity index (χ0) is 21.1. The van der Waals surface area contributed by atoms with Gasteiger partial charge in [0.25, 0.3) is 0 Å². The van der Waals surface area contributed by atoms with Crippen molar-refractivity contribution in [3.63, 3.8) is 0 Å². The quantitative estimate of drug-likeness (QED) is 0.723. The number of hydrogen-bond acceptors (Lipinski definition) is 5. The predicted molar refractivity (Wildman–Crippen MR) is 122 cm³/mol. The lowest BCUT2D eigenvalue weighted by atomic mass is 10.1. The molecule has 8 heteroatoms. The van der Waals surface area contributed by atoms with Crippen molar-refractivity contribution in [2.45, 2.75) is 32.2 Å². The van der Waals surface area contributed by atoms with Gasteiger partial charge >= 0.3 is 6.03 Å². The van der Waals surface area contributed by atoms with Gasteiger partial charge in [-0.2, -0.15) is 0 Å². The summed E-state index contributed by atoms with van der Waals surface area (Å²) in [6.07, 6.45) is 3.86. The fraction of sp³-hybridized carbons (Fsp3) is 0.500. The molecule has 4 rings (SSSR count). The number of rotatable bonds is 5. The summed E-state index contributed by atoms with van der Waals surface area (Å²) in [6, 6.07) is 8.14. The van der Waals surface area contributed by atoms with Crippen LogP contribution < -0.4 is 10.6 Å². The summed E-state index contributed by atoms with van der Waals surface area (Å²) in [5.41, 5.74) is 9.39. The Morgan fingerprint density at radius 1 is 1.20 bits per heavy atom. The molecule has 1 unspecified atom stereocenters. The van der Waals surface area contributed by atoms with Gasteiger partial charge in [-0.3, -0.25) is 0 Å². The Bertz CT molecular complexity index is 882. The van der Waals surface area contributed by atoms with E-state index in [1.54, 1.807) is 6.33 Å². The Kier molecular flexibility index (Phi) is 6.53. The highest BCUT2D eigenvalue weighted by Gasteiger charge is 2.30. The number of carbonyl (C=O) groups excluding carboxylic acids is 1. The molecule has 1 aromatic heterocycles. The summed E-state index contributed by atoms with van der Waals surface area (Å²) >= 11 is 3.46. The first kappa shape index (κ1) is 21.1. The average Bonchev–Trinajstić information content (AvgIpc) is 3.16. The van der Waals surface area contributed by atoms with Gasteiger partial charge in [0.2, 0.25) is 0 Å². The van der Waals surface area contributed by atoms with Crippen LogP contribution in [0, 0.1) is 0 Å². The van der Waals surface area contributed by atoms with Crippen LogP contribution in [0.25, 0.3) is 0 Å². The highest BCUT2D eigenvalue weighted by Crippen LogP contribution is 2.37. The van der Waals surface area contributed by atoms with Gasteiger partial charge in [-0.05, 0) is 36.5 Å². The summed E-state index contributed by atoms with van der Waals surface area (Å²) in [7, 11) is 0. The Balaban J connectivity index is 1.41. The maximum atomic E-state index is 13.2. The molecule has 2 aromatic rings. The molecule has 2 amide bonds. The third-order valence-corrected chi connectivity index (χ3v) is 6.59. The number of nitrogens with two attached hydrogens (primary N) is 1. The molecule has 2 aliphatic rings. The second kappa shape index (κ2) is 9.31. The summed E-state index contributed by atoms with van der Waals surface area (Å²) in [4.78, 5) is 28.4. The van der Waals surface area contributed by atoms with Crippen LogP contribution in [0.2, 0.25) is 0 Å². The van der Waals surface area contributed by atoms with Crippen molar-refractivity contribution in [2.75, 3.05) is 44.2 Å². The van der Waals surface area contributed by atoms with Crippen LogP contribution in [0.3, 0.4) is 0 Å². The fourth-order valence-electron chi connectivity index (χ4n) is 4.39. The smallest absolute Gasteiger partial charge is 0.320 e. The van der Waals surface area contributed by atoms with E-state index in [1.807, 2.05) is 34.1 Å². The minimum Gasteiger partial charge on any atom is -0.353 e. The van der Waals surface area contributed by atoms with E-state index in [0.717, 1.165) is 41.8 Å². The maximum Gasteiger partial charge on any atom is 0.320 e. The predicted octanol–water partition coefficient (Wildman–Crippen LogP) is 2.99. The molecule has 30 heavy (non-hydrogen) atoms. The first-order chi connectivity index (χ1) is 14.6. The van der Waals surface area contributed by atoms with Gasteiger partial charge in [-0.15, -0.1) is 0 Å². The van der Waals surface area contributed by atoms with Crippen LogP contribution in [-0.4, -0.2) is 65.1 Å². The van der Waals surface area contributed by atoms with Crippen LogP contribution in [0.15, 0.2) is 35.1 Å². The normalized spacial score (nSPS) is 18.4. The Labute approximate surface area is 186 Å². The molecule has 1 atom stereocenters. The lowest BCUT2D eigenvalue weighted by Gasteiger charge is -2.38. The first-order valence-electron chi connectivity index (χ1n) is 10.6. The van der Waals surface area contributed by atoms with Gasteiger partial charge in [-0.25, -0.2) is 14.8 Å². The number of piperazine rings is 1. The minimum atomic E-state index is 0.0595. The van der Waals surface area contributed by atoms with E-state index in [-0.39, 0.29) is 6.03 Å².